The summed E-state index contributed by atoms with van der Waals surface area (Å²) >= 11 is 0. The summed E-state index contributed by atoms with van der Waals surface area (Å²) in [6.45, 7) is 7.79. The van der Waals surface area contributed by atoms with Crippen LogP contribution in [-0.2, 0) is 15.9 Å². The lowest BCUT2D eigenvalue weighted by molar-refractivity contribution is 0.0688. The van der Waals surface area contributed by atoms with Gasteiger partial charge in [-0.25, -0.2) is 0 Å². The molecule has 0 saturated carbocycles. The van der Waals surface area contributed by atoms with E-state index in [9.17, 15) is 5.11 Å². The number of fused-ring (bicyclic) bond motifs is 1. The molecule has 1 atom stereocenters. The monoisotopic (exact) mass is 370 g/mol. The second kappa shape index (κ2) is 8.03. The summed E-state index contributed by atoms with van der Waals surface area (Å²) in [6.07, 6.45) is 4.07. The third-order valence-corrected chi connectivity index (χ3v) is 5.94. The lowest BCUT2D eigenvalue weighted by Crippen LogP contribution is -2.20. The lowest BCUT2D eigenvalue weighted by Gasteiger charge is -2.25. The fourth-order valence-electron chi connectivity index (χ4n) is 4.23. The molecule has 0 radical (unpaired) electrons. The van der Waals surface area contributed by atoms with Gasteiger partial charge >= 0.3 is 0 Å². The van der Waals surface area contributed by atoms with Gasteiger partial charge in [-0.15, -0.1) is 0 Å². The standard InChI is InChI=1S/C22H30N2O3/c1-3-15(2)12-16-4-5-20-18(13-16)21(19-14-27-11-8-23-19)22(25)24(20)17-6-9-26-10-7-17/h4-5,13,15,17,25H,3,6-12,14H2,1-2H3. The molecular weight excluding hydrogens is 340 g/mol. The van der Waals surface area contributed by atoms with Gasteiger partial charge in [-0.1, -0.05) is 26.3 Å². The molecule has 1 unspecified atom stereocenters. The van der Waals surface area contributed by atoms with E-state index in [2.05, 4.69) is 41.6 Å². The van der Waals surface area contributed by atoms with Crippen LogP contribution in [0.3, 0.4) is 0 Å². The Bertz CT molecular complexity index is 834. The van der Waals surface area contributed by atoms with E-state index in [0.29, 0.717) is 31.6 Å². The minimum absolute atomic E-state index is 0.264. The summed E-state index contributed by atoms with van der Waals surface area (Å²) in [5.41, 5.74) is 4.15. The van der Waals surface area contributed by atoms with Crippen LogP contribution < -0.4 is 0 Å². The molecule has 1 saturated heterocycles. The summed E-state index contributed by atoms with van der Waals surface area (Å²) in [6, 6.07) is 6.91. The van der Waals surface area contributed by atoms with Gasteiger partial charge in [0.2, 0.25) is 5.88 Å². The zero-order valence-electron chi connectivity index (χ0n) is 16.4. The fraction of sp³-hybridized carbons (Fsp3) is 0.591. The van der Waals surface area contributed by atoms with E-state index in [1.54, 1.807) is 0 Å². The number of hydrogen-bond acceptors (Lipinski definition) is 4. The first-order valence-electron chi connectivity index (χ1n) is 10.2. The van der Waals surface area contributed by atoms with Crippen molar-refractivity contribution in [3.05, 3.63) is 29.3 Å². The van der Waals surface area contributed by atoms with E-state index in [4.69, 9.17) is 9.47 Å². The minimum atomic E-state index is 0.264. The van der Waals surface area contributed by atoms with Crippen molar-refractivity contribution in [1.29, 1.82) is 0 Å². The highest BCUT2D eigenvalue weighted by Gasteiger charge is 2.27. The quantitative estimate of drug-likeness (QED) is 0.862. The van der Waals surface area contributed by atoms with Gasteiger partial charge in [0, 0.05) is 24.6 Å². The highest BCUT2D eigenvalue weighted by molar-refractivity contribution is 6.14. The summed E-state index contributed by atoms with van der Waals surface area (Å²) in [4.78, 5) is 4.67. The molecule has 0 amide bonds. The van der Waals surface area contributed by atoms with Gasteiger partial charge in [0.25, 0.3) is 0 Å². The molecule has 0 bridgehead atoms. The normalized spacial score (nSPS) is 20.0. The van der Waals surface area contributed by atoms with Crippen LogP contribution in [0.4, 0.5) is 0 Å². The van der Waals surface area contributed by atoms with Crippen LogP contribution in [0.1, 0.15) is 50.3 Å². The van der Waals surface area contributed by atoms with E-state index >= 15 is 0 Å². The van der Waals surface area contributed by atoms with Crippen LogP contribution in [0.15, 0.2) is 23.2 Å². The third-order valence-electron chi connectivity index (χ3n) is 5.94. The molecular formula is C22H30N2O3. The van der Waals surface area contributed by atoms with Crippen LogP contribution in [0.25, 0.3) is 10.9 Å². The number of hydrogen-bond donors (Lipinski definition) is 1. The van der Waals surface area contributed by atoms with Crippen molar-refractivity contribution in [3.63, 3.8) is 0 Å². The number of aromatic hydroxyl groups is 1. The maximum atomic E-state index is 11.2. The number of aromatic nitrogens is 1. The van der Waals surface area contributed by atoms with Gasteiger partial charge in [-0.2, -0.15) is 0 Å². The van der Waals surface area contributed by atoms with Gasteiger partial charge in [0.05, 0.1) is 36.6 Å². The second-order valence-corrected chi connectivity index (χ2v) is 7.86. The zero-order valence-corrected chi connectivity index (χ0v) is 16.4. The highest BCUT2D eigenvalue weighted by atomic mass is 16.5. The summed E-state index contributed by atoms with van der Waals surface area (Å²) in [5.74, 6) is 0.981. The zero-order chi connectivity index (χ0) is 18.8. The average Bonchev–Trinajstić information content (AvgIpc) is 3.00. The number of rotatable bonds is 5. The van der Waals surface area contributed by atoms with Crippen molar-refractivity contribution in [2.75, 3.05) is 33.0 Å². The van der Waals surface area contributed by atoms with E-state index in [0.717, 1.165) is 54.7 Å². The van der Waals surface area contributed by atoms with Gasteiger partial charge in [-0.05, 0) is 42.9 Å². The Labute approximate surface area is 161 Å². The van der Waals surface area contributed by atoms with E-state index < -0.39 is 0 Å². The molecule has 0 spiro atoms. The molecule has 2 aliphatic rings. The van der Waals surface area contributed by atoms with Crippen LogP contribution in [-0.4, -0.2) is 48.4 Å². The van der Waals surface area contributed by atoms with Gasteiger partial charge in [0.1, 0.15) is 0 Å². The largest absolute Gasteiger partial charge is 0.494 e. The van der Waals surface area contributed by atoms with E-state index in [1.165, 1.54) is 12.0 Å². The number of nitrogens with zero attached hydrogens (tertiary/aromatic N) is 2. The highest BCUT2D eigenvalue weighted by Crippen LogP contribution is 2.39. The first-order valence-corrected chi connectivity index (χ1v) is 10.2. The summed E-state index contributed by atoms with van der Waals surface area (Å²) in [5, 5.41) is 12.3. The molecule has 3 heterocycles. The Morgan fingerprint density at radius 1 is 1.22 bits per heavy atom. The Balaban J connectivity index is 1.85. The molecule has 2 aliphatic heterocycles. The molecule has 1 aromatic carbocycles. The Morgan fingerprint density at radius 3 is 2.74 bits per heavy atom. The summed E-state index contributed by atoms with van der Waals surface area (Å²) in [7, 11) is 0. The van der Waals surface area contributed by atoms with E-state index in [-0.39, 0.29) is 6.04 Å². The van der Waals surface area contributed by atoms with Crippen molar-refractivity contribution < 1.29 is 14.6 Å². The maximum Gasteiger partial charge on any atom is 0.201 e. The topological polar surface area (TPSA) is 56.0 Å². The number of benzene rings is 1. The maximum absolute atomic E-state index is 11.2. The van der Waals surface area contributed by atoms with Crippen molar-refractivity contribution >= 4 is 16.6 Å². The molecule has 1 aromatic heterocycles. The molecule has 5 nitrogen and oxygen atoms in total. The molecule has 4 rings (SSSR count). The van der Waals surface area contributed by atoms with Gasteiger partial charge in [0.15, 0.2) is 0 Å². The molecule has 27 heavy (non-hydrogen) atoms. The van der Waals surface area contributed by atoms with Crippen molar-refractivity contribution in [2.45, 2.75) is 45.6 Å². The predicted octanol–water partition coefficient (Wildman–Crippen LogP) is 4.11. The Morgan fingerprint density at radius 2 is 2.04 bits per heavy atom. The third kappa shape index (κ3) is 3.63. The molecule has 0 aliphatic carbocycles. The lowest BCUT2D eigenvalue weighted by atomic mass is 9.97. The van der Waals surface area contributed by atoms with E-state index in [1.807, 2.05) is 0 Å². The molecule has 2 aromatic rings. The van der Waals surface area contributed by atoms with Crippen molar-refractivity contribution in [3.8, 4) is 5.88 Å². The Hall–Kier alpha value is -1.85. The number of ether oxygens (including phenoxy) is 2. The van der Waals surface area contributed by atoms with Crippen LogP contribution >= 0.6 is 0 Å². The Kier molecular flexibility index (Phi) is 5.50. The molecule has 146 valence electrons. The van der Waals surface area contributed by atoms with Gasteiger partial charge < -0.3 is 19.1 Å². The smallest absolute Gasteiger partial charge is 0.201 e. The van der Waals surface area contributed by atoms with Crippen molar-refractivity contribution in [1.82, 2.24) is 4.57 Å². The van der Waals surface area contributed by atoms with Crippen molar-refractivity contribution in [2.24, 2.45) is 10.9 Å². The van der Waals surface area contributed by atoms with Crippen LogP contribution in [0.5, 0.6) is 5.88 Å². The minimum Gasteiger partial charge on any atom is -0.494 e. The average molecular weight is 370 g/mol. The number of aliphatic imine (C=N–C) groups is 1. The first kappa shape index (κ1) is 18.5. The fourth-order valence-corrected chi connectivity index (χ4v) is 4.23. The first-order chi connectivity index (χ1) is 13.2. The second-order valence-electron chi connectivity index (χ2n) is 7.86. The SMILES string of the molecule is CCC(C)Cc1ccc2c(c1)c(C1=NCCOC1)c(O)n2C1CCOCC1. The molecule has 1 fully saturated rings. The van der Waals surface area contributed by atoms with Gasteiger partial charge in [-0.3, -0.25) is 4.99 Å². The molecule has 5 heteroatoms. The van der Waals surface area contributed by atoms with Crippen LogP contribution in [0, 0.1) is 5.92 Å². The predicted molar refractivity (Wildman–Crippen MR) is 108 cm³/mol. The molecule has 1 N–H and O–H groups in total. The summed E-state index contributed by atoms with van der Waals surface area (Å²) < 4.78 is 13.3. The van der Waals surface area contributed by atoms with Crippen LogP contribution in [0.2, 0.25) is 0 Å².